The molecule has 1 amide bonds. The molecule has 1 N–H and O–H groups in total. The van der Waals surface area contributed by atoms with Crippen LogP contribution in [0.1, 0.15) is 35.5 Å². The maximum atomic E-state index is 12.4. The number of fused-ring (bicyclic) bond motifs is 1. The minimum atomic E-state index is -0.466. The van der Waals surface area contributed by atoms with Gasteiger partial charge in [-0.2, -0.15) is 5.10 Å². The second-order valence-corrected chi connectivity index (χ2v) is 6.97. The summed E-state index contributed by atoms with van der Waals surface area (Å²) in [5.74, 6) is 0.616. The van der Waals surface area contributed by atoms with Gasteiger partial charge >= 0.3 is 5.97 Å². The predicted molar refractivity (Wildman–Crippen MR) is 116 cm³/mol. The molecule has 2 aromatic carbocycles. The Morgan fingerprint density at radius 1 is 1.19 bits per heavy atom. The summed E-state index contributed by atoms with van der Waals surface area (Å²) in [7, 11) is 1.56. The number of rotatable bonds is 8. The Morgan fingerprint density at radius 3 is 2.71 bits per heavy atom. The predicted octanol–water partition coefficient (Wildman–Crippen LogP) is 3.84. The van der Waals surface area contributed by atoms with E-state index in [-0.39, 0.29) is 12.7 Å². The number of para-hydroxylation sites is 1. The molecule has 0 saturated carbocycles. The number of carbonyl (C=O) groups excluding carboxylic acids is 2. The van der Waals surface area contributed by atoms with Crippen LogP contribution in [0.4, 0.5) is 0 Å². The molecule has 0 unspecified atom stereocenters. The second-order valence-electron chi connectivity index (χ2n) is 6.97. The van der Waals surface area contributed by atoms with Crippen molar-refractivity contribution >= 4 is 29.1 Å². The zero-order valence-electron chi connectivity index (χ0n) is 17.8. The van der Waals surface area contributed by atoms with Crippen molar-refractivity contribution in [3.63, 3.8) is 0 Å². The van der Waals surface area contributed by atoms with Crippen molar-refractivity contribution in [1.29, 1.82) is 0 Å². The first-order chi connectivity index (χ1) is 14.9. The number of nitrogens with zero attached hydrogens (tertiary/aromatic N) is 1. The first-order valence-electron chi connectivity index (χ1n) is 9.71. The molecular weight excluding hydrogens is 400 g/mol. The molecule has 0 fully saturated rings. The molecule has 0 bridgehead atoms. The average Bonchev–Trinajstić information content (AvgIpc) is 3.07. The number of hydrogen-bond acceptors (Lipinski definition) is 7. The largest absolute Gasteiger partial charge is 0.496 e. The van der Waals surface area contributed by atoms with Gasteiger partial charge in [0, 0.05) is 10.9 Å². The molecule has 8 heteroatoms. The Morgan fingerprint density at radius 2 is 1.97 bits per heavy atom. The van der Waals surface area contributed by atoms with E-state index in [0.29, 0.717) is 33.8 Å². The third-order valence-electron chi connectivity index (χ3n) is 4.28. The summed E-state index contributed by atoms with van der Waals surface area (Å²) < 4.78 is 21.7. The summed E-state index contributed by atoms with van der Waals surface area (Å²) in [4.78, 5) is 24.4. The normalized spacial score (nSPS) is 11.1. The van der Waals surface area contributed by atoms with Crippen LogP contribution < -0.4 is 14.9 Å². The van der Waals surface area contributed by atoms with Crippen LogP contribution >= 0.6 is 0 Å². The Balaban J connectivity index is 1.64. The fourth-order valence-corrected chi connectivity index (χ4v) is 2.94. The number of esters is 1. The van der Waals surface area contributed by atoms with Crippen molar-refractivity contribution in [1.82, 2.24) is 5.43 Å². The van der Waals surface area contributed by atoms with Crippen LogP contribution in [0.25, 0.3) is 11.0 Å². The highest BCUT2D eigenvalue weighted by atomic mass is 16.5. The molecule has 31 heavy (non-hydrogen) atoms. The van der Waals surface area contributed by atoms with Gasteiger partial charge in [-0.05, 0) is 51.1 Å². The van der Waals surface area contributed by atoms with Gasteiger partial charge in [0.25, 0.3) is 5.91 Å². The third-order valence-corrected chi connectivity index (χ3v) is 4.28. The summed E-state index contributed by atoms with van der Waals surface area (Å²) in [6, 6.07) is 12.3. The molecular formula is C23H24N2O6. The van der Waals surface area contributed by atoms with Crippen molar-refractivity contribution in [3.05, 3.63) is 59.4 Å². The highest BCUT2D eigenvalue weighted by molar-refractivity contribution is 6.05. The van der Waals surface area contributed by atoms with E-state index in [0.717, 1.165) is 5.56 Å². The highest BCUT2D eigenvalue weighted by Gasteiger charge is 2.21. The molecule has 0 aliphatic carbocycles. The molecule has 0 atom stereocenters. The van der Waals surface area contributed by atoms with E-state index in [1.54, 1.807) is 52.1 Å². The fourth-order valence-electron chi connectivity index (χ4n) is 2.94. The Kier molecular flexibility index (Phi) is 6.92. The number of aryl methyl sites for hydroxylation is 1. The molecule has 162 valence electrons. The lowest BCUT2D eigenvalue weighted by molar-refractivity contribution is -0.123. The lowest BCUT2D eigenvalue weighted by Crippen LogP contribution is -2.24. The summed E-state index contributed by atoms with van der Waals surface area (Å²) in [5.41, 5.74) is 4.01. The van der Waals surface area contributed by atoms with Gasteiger partial charge in [-0.15, -0.1) is 0 Å². The molecule has 3 rings (SSSR count). The van der Waals surface area contributed by atoms with E-state index < -0.39 is 11.9 Å². The number of nitrogens with one attached hydrogen (secondary N) is 1. The van der Waals surface area contributed by atoms with Crippen LogP contribution in [0.15, 0.2) is 52.0 Å². The van der Waals surface area contributed by atoms with E-state index in [9.17, 15) is 9.59 Å². The topological polar surface area (TPSA) is 99.4 Å². The summed E-state index contributed by atoms with van der Waals surface area (Å²) in [5, 5.41) is 4.48. The van der Waals surface area contributed by atoms with Gasteiger partial charge in [0.2, 0.25) is 0 Å². The highest BCUT2D eigenvalue weighted by Crippen LogP contribution is 2.30. The lowest BCUT2D eigenvalue weighted by Gasteiger charge is -2.08. The van der Waals surface area contributed by atoms with Gasteiger partial charge in [0.05, 0.1) is 19.4 Å². The SMILES string of the molecule is COc1ccccc1C=NNC(=O)COc1ccc2oc(C)c(C(=O)OC(C)C)c2c1. The molecule has 0 spiro atoms. The van der Waals surface area contributed by atoms with Gasteiger partial charge in [-0.1, -0.05) is 12.1 Å². The minimum Gasteiger partial charge on any atom is -0.496 e. The van der Waals surface area contributed by atoms with Crippen LogP contribution in [0.5, 0.6) is 11.5 Å². The summed E-state index contributed by atoms with van der Waals surface area (Å²) in [6.07, 6.45) is 1.24. The van der Waals surface area contributed by atoms with Gasteiger partial charge < -0.3 is 18.6 Å². The maximum absolute atomic E-state index is 12.4. The molecule has 0 aliphatic rings. The lowest BCUT2D eigenvalue weighted by atomic mass is 10.1. The molecule has 1 heterocycles. The molecule has 0 aliphatic heterocycles. The Labute approximate surface area is 179 Å². The van der Waals surface area contributed by atoms with Crippen molar-refractivity contribution in [3.8, 4) is 11.5 Å². The van der Waals surface area contributed by atoms with E-state index in [1.165, 1.54) is 6.21 Å². The van der Waals surface area contributed by atoms with E-state index in [2.05, 4.69) is 10.5 Å². The van der Waals surface area contributed by atoms with Crippen molar-refractivity contribution in [2.45, 2.75) is 26.9 Å². The van der Waals surface area contributed by atoms with Crippen LogP contribution in [-0.2, 0) is 9.53 Å². The van der Waals surface area contributed by atoms with Crippen LogP contribution in [-0.4, -0.2) is 37.9 Å². The summed E-state index contributed by atoms with van der Waals surface area (Å²) in [6.45, 7) is 5.00. The fraction of sp³-hybridized carbons (Fsp3) is 0.261. The maximum Gasteiger partial charge on any atom is 0.342 e. The number of benzene rings is 2. The standard InChI is InChI=1S/C23H24N2O6/c1-14(2)30-23(27)22-15(3)31-20-10-9-17(11-18(20)22)29-13-21(26)25-24-12-16-7-5-6-8-19(16)28-4/h5-12,14H,13H2,1-4H3,(H,25,26). The van der Waals surface area contributed by atoms with Crippen molar-refractivity contribution in [2.75, 3.05) is 13.7 Å². The zero-order chi connectivity index (χ0) is 22.4. The van der Waals surface area contributed by atoms with Crippen molar-refractivity contribution in [2.24, 2.45) is 5.10 Å². The smallest absolute Gasteiger partial charge is 0.342 e. The Bertz CT molecular complexity index is 1120. The van der Waals surface area contributed by atoms with Gasteiger partial charge in [-0.3, -0.25) is 4.79 Å². The number of furan rings is 1. The number of amides is 1. The molecule has 8 nitrogen and oxygen atoms in total. The Hall–Kier alpha value is -3.81. The number of hydrazone groups is 1. The van der Waals surface area contributed by atoms with Crippen LogP contribution in [0, 0.1) is 6.92 Å². The van der Waals surface area contributed by atoms with Crippen molar-refractivity contribution < 1.29 is 28.2 Å². The van der Waals surface area contributed by atoms with E-state index >= 15 is 0 Å². The zero-order valence-corrected chi connectivity index (χ0v) is 17.8. The molecule has 0 saturated heterocycles. The number of methoxy groups -OCH3 is 1. The number of ether oxygens (including phenoxy) is 3. The van der Waals surface area contributed by atoms with Crippen LogP contribution in [0.3, 0.4) is 0 Å². The quantitative estimate of drug-likeness (QED) is 0.335. The van der Waals surface area contributed by atoms with Gasteiger partial charge in [0.1, 0.15) is 28.4 Å². The summed E-state index contributed by atoms with van der Waals surface area (Å²) >= 11 is 0. The van der Waals surface area contributed by atoms with E-state index in [4.69, 9.17) is 18.6 Å². The molecule has 3 aromatic rings. The molecule has 1 aromatic heterocycles. The first kappa shape index (κ1) is 21.9. The second kappa shape index (κ2) is 9.80. The number of carbonyl (C=O) groups is 2. The third kappa shape index (κ3) is 5.42. The first-order valence-corrected chi connectivity index (χ1v) is 9.71. The monoisotopic (exact) mass is 424 g/mol. The molecule has 0 radical (unpaired) electrons. The van der Waals surface area contributed by atoms with Crippen LogP contribution in [0.2, 0.25) is 0 Å². The number of hydrogen-bond donors (Lipinski definition) is 1. The van der Waals surface area contributed by atoms with Gasteiger partial charge in [-0.25, -0.2) is 10.2 Å². The average molecular weight is 424 g/mol. The van der Waals surface area contributed by atoms with Gasteiger partial charge in [0.15, 0.2) is 6.61 Å². The van der Waals surface area contributed by atoms with E-state index in [1.807, 2.05) is 18.2 Å². The minimum absolute atomic E-state index is 0.253.